The van der Waals surface area contributed by atoms with Gasteiger partial charge in [0.2, 0.25) is 0 Å². The lowest BCUT2D eigenvalue weighted by atomic mass is 9.90. The Kier molecular flexibility index (Phi) is 5.07. The third-order valence-electron chi connectivity index (χ3n) is 5.30. The summed E-state index contributed by atoms with van der Waals surface area (Å²) in [5.41, 5.74) is 6.90. The lowest BCUT2D eigenvalue weighted by molar-refractivity contribution is -0.00291. The molecule has 0 saturated carbocycles. The van der Waals surface area contributed by atoms with Crippen LogP contribution in [0.4, 0.5) is 4.79 Å². The highest BCUT2D eigenvalue weighted by molar-refractivity contribution is 5.70. The lowest BCUT2D eigenvalue weighted by Crippen LogP contribution is -2.52. The molecule has 5 nitrogen and oxygen atoms in total. The second-order valence-electron chi connectivity index (χ2n) is 8.51. The summed E-state index contributed by atoms with van der Waals surface area (Å²) in [7, 11) is 0. The van der Waals surface area contributed by atoms with Gasteiger partial charge in [-0.3, -0.25) is 0 Å². The maximum atomic E-state index is 12.4. The molecule has 0 radical (unpaired) electrons. The van der Waals surface area contributed by atoms with Gasteiger partial charge in [-0.2, -0.15) is 0 Å². The number of amides is 1. The third-order valence-corrected chi connectivity index (χ3v) is 5.30. The van der Waals surface area contributed by atoms with Gasteiger partial charge in [0.05, 0.1) is 6.54 Å². The van der Waals surface area contributed by atoms with E-state index < -0.39 is 0 Å². The number of likely N-dealkylation sites (tertiary alicyclic amines) is 1. The fraction of sp³-hybridized carbons (Fsp3) is 0.650. The van der Waals surface area contributed by atoms with Crippen LogP contribution in [0.2, 0.25) is 0 Å². The highest BCUT2D eigenvalue weighted by Crippen LogP contribution is 2.34. The van der Waals surface area contributed by atoms with Gasteiger partial charge in [0.1, 0.15) is 5.60 Å². The molecule has 138 valence electrons. The molecule has 2 fully saturated rings. The number of rotatable bonds is 5. The largest absolute Gasteiger partial charge is 0.441 e. The predicted octanol–water partition coefficient (Wildman–Crippen LogP) is 2.81. The quantitative estimate of drug-likeness (QED) is 0.891. The number of hydrogen-bond donors (Lipinski definition) is 1. The molecule has 0 aliphatic carbocycles. The van der Waals surface area contributed by atoms with Crippen molar-refractivity contribution in [2.24, 2.45) is 5.73 Å². The summed E-state index contributed by atoms with van der Waals surface area (Å²) in [4.78, 5) is 16.7. The number of piperidine rings is 1. The molecule has 2 N–H and O–H groups in total. The van der Waals surface area contributed by atoms with Crippen LogP contribution in [0.5, 0.6) is 0 Å². The molecule has 0 bridgehead atoms. The van der Waals surface area contributed by atoms with Crippen LogP contribution >= 0.6 is 0 Å². The molecule has 5 heteroatoms. The van der Waals surface area contributed by atoms with Gasteiger partial charge in [0.25, 0.3) is 0 Å². The van der Waals surface area contributed by atoms with Gasteiger partial charge in [-0.25, -0.2) is 4.79 Å². The van der Waals surface area contributed by atoms with E-state index in [0.717, 1.165) is 32.5 Å². The molecule has 1 aromatic rings. The van der Waals surface area contributed by atoms with Crippen molar-refractivity contribution < 1.29 is 9.53 Å². The van der Waals surface area contributed by atoms with E-state index in [1.165, 1.54) is 5.56 Å². The highest BCUT2D eigenvalue weighted by Gasteiger charge is 2.47. The number of carbonyl (C=O) groups excluding carboxylic acids is 1. The summed E-state index contributed by atoms with van der Waals surface area (Å²) in [6, 6.07) is 10.4. The van der Waals surface area contributed by atoms with Gasteiger partial charge in [-0.05, 0) is 25.3 Å². The average molecular weight is 345 g/mol. The maximum Gasteiger partial charge on any atom is 0.410 e. The average Bonchev–Trinajstić information content (AvgIpc) is 2.85. The van der Waals surface area contributed by atoms with Crippen molar-refractivity contribution in [1.29, 1.82) is 0 Å². The molecule has 1 spiro atoms. The van der Waals surface area contributed by atoms with E-state index >= 15 is 0 Å². The molecule has 1 amide bonds. The predicted molar refractivity (Wildman–Crippen MR) is 99.6 cm³/mol. The first-order valence-corrected chi connectivity index (χ1v) is 9.30. The second kappa shape index (κ2) is 6.96. The Labute approximate surface area is 151 Å². The summed E-state index contributed by atoms with van der Waals surface area (Å²) in [5.74, 6) is 0.307. The van der Waals surface area contributed by atoms with Crippen molar-refractivity contribution in [2.75, 3.05) is 32.7 Å². The number of carbonyl (C=O) groups is 1. The van der Waals surface area contributed by atoms with Crippen LogP contribution < -0.4 is 5.73 Å². The molecular formula is C20H31N3O2. The standard InChI is InChI=1S/C20H31N3O2/c1-16(17-7-5-4-6-8-17)13-23-15-20(25-18(23)24)9-11-22(12-10-20)14-19(2,3)21/h4-8,16H,9-15,21H2,1-3H3/t16-/m1/s1. The van der Waals surface area contributed by atoms with Gasteiger partial charge in [-0.1, -0.05) is 37.3 Å². The first-order chi connectivity index (χ1) is 11.8. The topological polar surface area (TPSA) is 58.8 Å². The minimum atomic E-state index is -0.303. The highest BCUT2D eigenvalue weighted by atomic mass is 16.6. The van der Waals surface area contributed by atoms with Crippen molar-refractivity contribution in [1.82, 2.24) is 9.80 Å². The Balaban J connectivity index is 1.56. The number of hydrogen-bond acceptors (Lipinski definition) is 4. The Morgan fingerprint density at radius 2 is 1.88 bits per heavy atom. The number of nitrogens with two attached hydrogens (primary N) is 1. The molecule has 25 heavy (non-hydrogen) atoms. The van der Waals surface area contributed by atoms with Crippen molar-refractivity contribution in [3.8, 4) is 0 Å². The summed E-state index contributed by atoms with van der Waals surface area (Å²) >= 11 is 0. The smallest absolute Gasteiger partial charge is 0.410 e. The van der Waals surface area contributed by atoms with Gasteiger partial charge in [0, 0.05) is 44.6 Å². The van der Waals surface area contributed by atoms with E-state index in [9.17, 15) is 4.79 Å². The van der Waals surface area contributed by atoms with Crippen molar-refractivity contribution in [2.45, 2.75) is 50.7 Å². The molecule has 2 heterocycles. The fourth-order valence-corrected chi connectivity index (χ4v) is 4.01. The Bertz CT molecular complexity index is 589. The molecule has 0 aromatic heterocycles. The van der Waals surface area contributed by atoms with Crippen LogP contribution in [0, 0.1) is 0 Å². The van der Waals surface area contributed by atoms with E-state index in [2.05, 4.69) is 37.8 Å². The van der Waals surface area contributed by atoms with Crippen LogP contribution in [0.1, 0.15) is 45.1 Å². The first-order valence-electron chi connectivity index (χ1n) is 9.30. The molecule has 3 rings (SSSR count). The number of benzene rings is 1. The van der Waals surface area contributed by atoms with Gasteiger partial charge in [0.15, 0.2) is 0 Å². The molecule has 1 atom stereocenters. The van der Waals surface area contributed by atoms with E-state index in [1.54, 1.807) is 0 Å². The number of ether oxygens (including phenoxy) is 1. The molecular weight excluding hydrogens is 314 g/mol. The van der Waals surface area contributed by atoms with Gasteiger partial charge in [-0.15, -0.1) is 0 Å². The van der Waals surface area contributed by atoms with Gasteiger partial charge >= 0.3 is 6.09 Å². The van der Waals surface area contributed by atoms with E-state index in [4.69, 9.17) is 10.5 Å². The SMILES string of the molecule is C[C@H](CN1CC2(CCN(CC(C)(C)N)CC2)OC1=O)c1ccccc1. The normalized spacial score (nSPS) is 22.2. The molecule has 2 saturated heterocycles. The first kappa shape index (κ1) is 18.2. The summed E-state index contributed by atoms with van der Waals surface area (Å²) in [6.45, 7) is 10.5. The van der Waals surface area contributed by atoms with Crippen LogP contribution in [-0.2, 0) is 4.74 Å². The number of nitrogens with zero attached hydrogens (tertiary/aromatic N) is 2. The van der Waals surface area contributed by atoms with Gasteiger partial charge < -0.3 is 20.3 Å². The molecule has 1 aromatic carbocycles. The van der Waals surface area contributed by atoms with Crippen LogP contribution in [0.25, 0.3) is 0 Å². The zero-order valence-electron chi connectivity index (χ0n) is 15.7. The van der Waals surface area contributed by atoms with Crippen LogP contribution in [0.3, 0.4) is 0 Å². The molecule has 2 aliphatic heterocycles. The summed E-state index contributed by atoms with van der Waals surface area (Å²) in [6.07, 6.45) is 1.63. The molecule has 0 unspecified atom stereocenters. The summed E-state index contributed by atoms with van der Waals surface area (Å²) in [5, 5.41) is 0. The van der Waals surface area contributed by atoms with E-state index in [1.807, 2.05) is 23.1 Å². The monoisotopic (exact) mass is 345 g/mol. The van der Waals surface area contributed by atoms with Crippen molar-refractivity contribution >= 4 is 6.09 Å². The third kappa shape index (κ3) is 4.53. The zero-order chi connectivity index (χ0) is 18.1. The zero-order valence-corrected chi connectivity index (χ0v) is 15.7. The van der Waals surface area contributed by atoms with Crippen molar-refractivity contribution in [3.63, 3.8) is 0 Å². The summed E-state index contributed by atoms with van der Waals surface area (Å²) < 4.78 is 5.85. The molecule has 2 aliphatic rings. The second-order valence-corrected chi connectivity index (χ2v) is 8.51. The van der Waals surface area contributed by atoms with E-state index in [0.29, 0.717) is 19.0 Å². The minimum absolute atomic E-state index is 0.157. The van der Waals surface area contributed by atoms with Crippen LogP contribution in [0.15, 0.2) is 30.3 Å². The minimum Gasteiger partial charge on any atom is -0.441 e. The fourth-order valence-electron chi connectivity index (χ4n) is 4.01. The van der Waals surface area contributed by atoms with Crippen molar-refractivity contribution in [3.05, 3.63) is 35.9 Å². The Morgan fingerprint density at radius 1 is 1.24 bits per heavy atom. The lowest BCUT2D eigenvalue weighted by Gasteiger charge is -2.39. The Hall–Kier alpha value is -1.59. The van der Waals surface area contributed by atoms with E-state index in [-0.39, 0.29) is 17.2 Å². The Morgan fingerprint density at radius 3 is 2.48 bits per heavy atom. The maximum absolute atomic E-state index is 12.4. The van der Waals surface area contributed by atoms with Crippen LogP contribution in [-0.4, -0.2) is 59.8 Å².